The van der Waals surface area contributed by atoms with Crippen molar-refractivity contribution in [3.63, 3.8) is 0 Å². The third kappa shape index (κ3) is 4.36. The number of aromatic nitrogens is 2. The van der Waals surface area contributed by atoms with Crippen molar-refractivity contribution in [3.8, 4) is 0 Å². The van der Waals surface area contributed by atoms with Crippen LogP contribution < -0.4 is 4.72 Å². The molecule has 2 aliphatic rings. The molecule has 3 rings (SSSR count). The number of nitrogens with zero attached hydrogens (tertiary/aromatic N) is 3. The lowest BCUT2D eigenvalue weighted by atomic mass is 9.98. The van der Waals surface area contributed by atoms with Gasteiger partial charge in [0.15, 0.2) is 0 Å². The molecular formula is C16H26N4O3S. The van der Waals surface area contributed by atoms with Gasteiger partial charge in [-0.05, 0) is 31.1 Å². The maximum atomic E-state index is 12.2. The third-order valence-electron chi connectivity index (χ3n) is 5.06. The van der Waals surface area contributed by atoms with Crippen LogP contribution in [0.3, 0.4) is 0 Å². The van der Waals surface area contributed by atoms with Crippen LogP contribution in [0, 0.1) is 17.8 Å². The smallest absolute Gasteiger partial charge is 0.225 e. The molecule has 2 unspecified atom stereocenters. The van der Waals surface area contributed by atoms with E-state index in [1.165, 1.54) is 0 Å². The van der Waals surface area contributed by atoms with E-state index in [-0.39, 0.29) is 30.0 Å². The Kier molecular flexibility index (Phi) is 4.96. The molecule has 0 bridgehead atoms. The molecule has 24 heavy (non-hydrogen) atoms. The van der Waals surface area contributed by atoms with Crippen molar-refractivity contribution in [2.75, 3.05) is 18.8 Å². The van der Waals surface area contributed by atoms with Crippen molar-refractivity contribution in [1.82, 2.24) is 19.4 Å². The molecule has 1 aromatic rings. The van der Waals surface area contributed by atoms with Crippen LogP contribution in [0.5, 0.6) is 0 Å². The first-order chi connectivity index (χ1) is 11.3. The number of hydrogen-bond donors (Lipinski definition) is 1. The Bertz CT molecular complexity index is 692. The van der Waals surface area contributed by atoms with E-state index in [2.05, 4.69) is 16.7 Å². The third-order valence-corrected chi connectivity index (χ3v) is 6.56. The molecule has 1 aromatic heterocycles. The normalized spacial score (nSPS) is 25.0. The summed E-state index contributed by atoms with van der Waals surface area (Å²) >= 11 is 0. The van der Waals surface area contributed by atoms with Gasteiger partial charge in [-0.25, -0.2) is 13.1 Å². The summed E-state index contributed by atoms with van der Waals surface area (Å²) < 4.78 is 28.8. The highest BCUT2D eigenvalue weighted by Crippen LogP contribution is 2.39. The number of likely N-dealkylation sites (tertiary alicyclic amines) is 1. The molecule has 1 saturated carbocycles. The van der Waals surface area contributed by atoms with Gasteiger partial charge in [-0.15, -0.1) is 0 Å². The summed E-state index contributed by atoms with van der Waals surface area (Å²) in [5, 5.41) is 4.03. The summed E-state index contributed by atoms with van der Waals surface area (Å²) in [5.41, 5.74) is 0.847. The Morgan fingerprint density at radius 1 is 1.38 bits per heavy atom. The van der Waals surface area contributed by atoms with Gasteiger partial charge in [-0.1, -0.05) is 6.92 Å². The van der Waals surface area contributed by atoms with Crippen LogP contribution in [-0.4, -0.2) is 47.8 Å². The predicted molar refractivity (Wildman–Crippen MR) is 90.4 cm³/mol. The summed E-state index contributed by atoms with van der Waals surface area (Å²) in [6.45, 7) is 3.75. The van der Waals surface area contributed by atoms with Crippen molar-refractivity contribution in [3.05, 3.63) is 18.0 Å². The van der Waals surface area contributed by atoms with E-state index < -0.39 is 10.0 Å². The first-order valence-electron chi connectivity index (χ1n) is 8.57. The Labute approximate surface area is 143 Å². The first kappa shape index (κ1) is 17.4. The van der Waals surface area contributed by atoms with Gasteiger partial charge in [-0.2, -0.15) is 5.10 Å². The summed E-state index contributed by atoms with van der Waals surface area (Å²) in [4.78, 5) is 14.1. The second-order valence-corrected chi connectivity index (χ2v) is 9.06. The minimum absolute atomic E-state index is 0.122. The molecule has 1 saturated heterocycles. The van der Waals surface area contributed by atoms with E-state index in [4.69, 9.17) is 0 Å². The predicted octanol–water partition coefficient (Wildman–Crippen LogP) is 0.734. The Morgan fingerprint density at radius 3 is 2.58 bits per heavy atom. The number of amides is 1. The van der Waals surface area contributed by atoms with Gasteiger partial charge >= 0.3 is 0 Å². The SMILES string of the molecule is CC1CC1C(=O)N1CCC(CS(=O)(=O)NCc2cnn(C)c2)CC1. The lowest BCUT2D eigenvalue weighted by Gasteiger charge is -2.32. The summed E-state index contributed by atoms with van der Waals surface area (Å²) in [7, 11) is -1.51. The molecule has 0 spiro atoms. The summed E-state index contributed by atoms with van der Waals surface area (Å²) in [5.74, 6) is 1.25. The van der Waals surface area contributed by atoms with Gasteiger partial charge < -0.3 is 4.90 Å². The quantitative estimate of drug-likeness (QED) is 0.816. The Morgan fingerprint density at radius 2 is 2.04 bits per heavy atom. The second-order valence-electron chi connectivity index (χ2n) is 7.21. The lowest BCUT2D eigenvalue weighted by Crippen LogP contribution is -2.42. The maximum Gasteiger partial charge on any atom is 0.225 e. The van der Waals surface area contributed by atoms with Gasteiger partial charge in [0.2, 0.25) is 15.9 Å². The molecule has 1 aliphatic carbocycles. The van der Waals surface area contributed by atoms with E-state index >= 15 is 0 Å². The fraction of sp³-hybridized carbons (Fsp3) is 0.750. The molecule has 7 nitrogen and oxygen atoms in total. The van der Waals surface area contributed by atoms with Gasteiger partial charge in [0.05, 0.1) is 11.9 Å². The van der Waals surface area contributed by atoms with Gasteiger partial charge in [0.25, 0.3) is 0 Å². The van der Waals surface area contributed by atoms with Crippen LogP contribution in [0.4, 0.5) is 0 Å². The molecule has 2 atom stereocenters. The number of hydrogen-bond acceptors (Lipinski definition) is 4. The van der Waals surface area contributed by atoms with Crippen LogP contribution in [0.2, 0.25) is 0 Å². The number of rotatable bonds is 6. The molecular weight excluding hydrogens is 328 g/mol. The van der Waals surface area contributed by atoms with E-state index in [1.54, 1.807) is 24.1 Å². The van der Waals surface area contributed by atoms with E-state index in [0.29, 0.717) is 19.0 Å². The van der Waals surface area contributed by atoms with Crippen LogP contribution >= 0.6 is 0 Å². The number of carbonyl (C=O) groups excluding carboxylic acids is 1. The zero-order valence-electron chi connectivity index (χ0n) is 14.3. The average molecular weight is 354 g/mol. The highest BCUT2D eigenvalue weighted by Gasteiger charge is 2.42. The highest BCUT2D eigenvalue weighted by atomic mass is 32.2. The van der Waals surface area contributed by atoms with Crippen molar-refractivity contribution in [2.45, 2.75) is 32.7 Å². The largest absolute Gasteiger partial charge is 0.342 e. The minimum atomic E-state index is -3.31. The number of aryl methyl sites for hydroxylation is 1. The van der Waals surface area contributed by atoms with Crippen molar-refractivity contribution in [1.29, 1.82) is 0 Å². The van der Waals surface area contributed by atoms with Crippen LogP contribution in [-0.2, 0) is 28.4 Å². The molecule has 2 heterocycles. The van der Waals surface area contributed by atoms with E-state index in [9.17, 15) is 13.2 Å². The minimum Gasteiger partial charge on any atom is -0.342 e. The lowest BCUT2D eigenvalue weighted by molar-refractivity contribution is -0.134. The zero-order chi connectivity index (χ0) is 17.3. The number of nitrogens with one attached hydrogen (secondary N) is 1. The molecule has 8 heteroatoms. The van der Waals surface area contributed by atoms with Crippen molar-refractivity contribution >= 4 is 15.9 Å². The molecule has 1 amide bonds. The summed E-state index contributed by atoms with van der Waals surface area (Å²) in [6.07, 6.45) is 5.99. The van der Waals surface area contributed by atoms with Gasteiger partial charge in [0.1, 0.15) is 0 Å². The number of piperidine rings is 1. The molecule has 2 fully saturated rings. The summed E-state index contributed by atoms with van der Waals surface area (Å²) in [6, 6.07) is 0. The molecule has 1 aliphatic heterocycles. The van der Waals surface area contributed by atoms with Crippen molar-refractivity contribution in [2.24, 2.45) is 24.8 Å². The van der Waals surface area contributed by atoms with E-state index in [1.807, 2.05) is 4.90 Å². The second kappa shape index (κ2) is 6.84. The Hall–Kier alpha value is -1.41. The number of sulfonamides is 1. The van der Waals surface area contributed by atoms with Crippen LogP contribution in [0.15, 0.2) is 12.4 Å². The van der Waals surface area contributed by atoms with E-state index in [0.717, 1.165) is 24.8 Å². The van der Waals surface area contributed by atoms with Gasteiger partial charge in [0, 0.05) is 44.4 Å². The maximum absolute atomic E-state index is 12.2. The van der Waals surface area contributed by atoms with Crippen LogP contribution in [0.1, 0.15) is 31.7 Å². The highest BCUT2D eigenvalue weighted by molar-refractivity contribution is 7.89. The molecule has 134 valence electrons. The van der Waals surface area contributed by atoms with Crippen molar-refractivity contribution < 1.29 is 13.2 Å². The molecule has 0 aromatic carbocycles. The molecule has 1 N–H and O–H groups in total. The molecule has 0 radical (unpaired) electrons. The standard InChI is InChI=1S/C16H26N4O3S/c1-12-7-15(12)16(21)20-5-3-13(4-6-20)11-24(22,23)18-9-14-8-17-19(2)10-14/h8,10,12-13,15,18H,3-7,9,11H2,1-2H3. The first-order valence-corrected chi connectivity index (χ1v) is 10.2. The number of carbonyl (C=O) groups is 1. The average Bonchev–Trinajstić information content (AvgIpc) is 3.11. The van der Waals surface area contributed by atoms with Crippen LogP contribution in [0.25, 0.3) is 0 Å². The monoisotopic (exact) mass is 354 g/mol. The van der Waals surface area contributed by atoms with Gasteiger partial charge in [-0.3, -0.25) is 9.48 Å². The fourth-order valence-electron chi connectivity index (χ4n) is 3.35. The topological polar surface area (TPSA) is 84.3 Å². The fourth-order valence-corrected chi connectivity index (χ4v) is 4.80. The Balaban J connectivity index is 1.43. The zero-order valence-corrected chi connectivity index (χ0v) is 15.1.